The quantitative estimate of drug-likeness (QED) is 0.438. The van der Waals surface area contributed by atoms with Crippen LogP contribution in [0.25, 0.3) is 0 Å². The first kappa shape index (κ1) is 11.1. The lowest BCUT2D eigenvalue weighted by Gasteiger charge is -2.02. The number of hydrogen-bond acceptors (Lipinski definition) is 4. The number of nitro benzene ring substituents is 1. The third kappa shape index (κ3) is 1.95. The van der Waals surface area contributed by atoms with Crippen LogP contribution >= 0.6 is 11.6 Å². The van der Waals surface area contributed by atoms with Crippen LogP contribution in [0.3, 0.4) is 0 Å². The van der Waals surface area contributed by atoms with E-state index in [2.05, 4.69) is 0 Å². The van der Waals surface area contributed by atoms with E-state index in [9.17, 15) is 14.9 Å². The van der Waals surface area contributed by atoms with Gasteiger partial charge in [-0.2, -0.15) is 5.26 Å². The lowest BCUT2D eigenvalue weighted by molar-refractivity contribution is -0.384. The molecule has 76 valence electrons. The Morgan fingerprint density at radius 3 is 2.60 bits per heavy atom. The molecule has 1 aromatic carbocycles. The summed E-state index contributed by atoms with van der Waals surface area (Å²) in [5.74, 6) is -0.472. The maximum absolute atomic E-state index is 11.2. The molecular weight excluding hydrogens is 220 g/mol. The van der Waals surface area contributed by atoms with E-state index in [4.69, 9.17) is 16.9 Å². The Morgan fingerprint density at radius 1 is 1.60 bits per heavy atom. The second-order valence-corrected chi connectivity index (χ2v) is 3.12. The van der Waals surface area contributed by atoms with Gasteiger partial charge in [-0.3, -0.25) is 14.9 Å². The fraction of sp³-hybridized carbons (Fsp3) is 0.111. The largest absolute Gasteiger partial charge is 0.294 e. The summed E-state index contributed by atoms with van der Waals surface area (Å²) in [6.07, 6.45) is 0. The molecule has 0 spiro atoms. The van der Waals surface area contributed by atoms with E-state index in [1.165, 1.54) is 13.0 Å². The number of nitro groups is 1. The summed E-state index contributed by atoms with van der Waals surface area (Å²) in [5.41, 5.74) is -0.438. The Kier molecular flexibility index (Phi) is 3.02. The lowest BCUT2D eigenvalue weighted by atomic mass is 10.0. The number of halogens is 1. The molecule has 0 fully saturated rings. The number of nitriles is 1. The molecule has 0 aliphatic rings. The van der Waals surface area contributed by atoms with Gasteiger partial charge in [-0.15, -0.1) is 0 Å². The van der Waals surface area contributed by atoms with E-state index in [-0.39, 0.29) is 21.8 Å². The number of nitrogens with zero attached hydrogens (tertiary/aromatic N) is 2. The third-order valence-electron chi connectivity index (χ3n) is 1.79. The van der Waals surface area contributed by atoms with Gasteiger partial charge in [0.2, 0.25) is 0 Å². The standard InChI is InChI=1S/C9H5ClN2O3/c1-5(13)8-6(4-11)2-3-7(9(8)10)12(14)15/h2-3H,1H3. The van der Waals surface area contributed by atoms with Crippen molar-refractivity contribution in [2.24, 2.45) is 0 Å². The van der Waals surface area contributed by atoms with Gasteiger partial charge in [0, 0.05) is 6.07 Å². The molecule has 1 aromatic rings. The highest BCUT2D eigenvalue weighted by Crippen LogP contribution is 2.30. The molecule has 0 amide bonds. The Bertz CT molecular complexity index is 491. The molecule has 0 saturated carbocycles. The predicted molar refractivity (Wildman–Crippen MR) is 52.8 cm³/mol. The van der Waals surface area contributed by atoms with Crippen molar-refractivity contribution < 1.29 is 9.72 Å². The summed E-state index contributed by atoms with van der Waals surface area (Å²) in [6, 6.07) is 4.07. The van der Waals surface area contributed by atoms with Crippen molar-refractivity contribution in [1.29, 1.82) is 5.26 Å². The van der Waals surface area contributed by atoms with Gasteiger partial charge < -0.3 is 0 Å². The van der Waals surface area contributed by atoms with Gasteiger partial charge in [0.05, 0.1) is 22.1 Å². The third-order valence-corrected chi connectivity index (χ3v) is 2.17. The highest BCUT2D eigenvalue weighted by atomic mass is 35.5. The molecule has 0 aliphatic heterocycles. The van der Waals surface area contributed by atoms with Gasteiger partial charge in [-0.25, -0.2) is 0 Å². The van der Waals surface area contributed by atoms with Gasteiger partial charge >= 0.3 is 0 Å². The van der Waals surface area contributed by atoms with Crippen LogP contribution in [-0.4, -0.2) is 10.7 Å². The molecule has 0 radical (unpaired) electrons. The van der Waals surface area contributed by atoms with E-state index in [0.717, 1.165) is 6.07 Å². The molecule has 0 unspecified atom stereocenters. The molecule has 5 nitrogen and oxygen atoms in total. The fourth-order valence-electron chi connectivity index (χ4n) is 1.14. The van der Waals surface area contributed by atoms with Gasteiger partial charge in [0.1, 0.15) is 5.02 Å². The summed E-state index contributed by atoms with van der Waals surface area (Å²) in [6.45, 7) is 1.20. The van der Waals surface area contributed by atoms with E-state index in [0.29, 0.717) is 0 Å². The van der Waals surface area contributed by atoms with Crippen LogP contribution in [0, 0.1) is 21.4 Å². The topological polar surface area (TPSA) is 84.0 Å². The molecule has 0 aromatic heterocycles. The maximum Gasteiger partial charge on any atom is 0.288 e. The minimum Gasteiger partial charge on any atom is -0.294 e. The lowest BCUT2D eigenvalue weighted by Crippen LogP contribution is -2.01. The second kappa shape index (κ2) is 4.07. The van der Waals surface area contributed by atoms with Crippen molar-refractivity contribution in [3.63, 3.8) is 0 Å². The monoisotopic (exact) mass is 224 g/mol. The molecule has 0 atom stereocenters. The number of carbonyl (C=O) groups is 1. The zero-order valence-corrected chi connectivity index (χ0v) is 8.41. The van der Waals surface area contributed by atoms with Crippen molar-refractivity contribution in [2.75, 3.05) is 0 Å². The summed E-state index contributed by atoms with van der Waals surface area (Å²) < 4.78 is 0. The highest BCUT2D eigenvalue weighted by molar-refractivity contribution is 6.36. The first-order chi connectivity index (χ1) is 6.99. The SMILES string of the molecule is CC(=O)c1c(C#N)ccc([N+](=O)[O-])c1Cl. The van der Waals surface area contributed by atoms with E-state index >= 15 is 0 Å². The number of ketones is 1. The molecular formula is C9H5ClN2O3. The molecule has 0 N–H and O–H groups in total. The number of hydrogen-bond donors (Lipinski definition) is 0. The Morgan fingerprint density at radius 2 is 2.20 bits per heavy atom. The first-order valence-electron chi connectivity index (χ1n) is 3.87. The summed E-state index contributed by atoms with van der Waals surface area (Å²) >= 11 is 5.67. The minimum absolute atomic E-state index is 0.0399. The highest BCUT2D eigenvalue weighted by Gasteiger charge is 2.21. The fourth-order valence-corrected chi connectivity index (χ4v) is 1.51. The number of rotatable bonds is 2. The van der Waals surface area contributed by atoms with Gasteiger partial charge in [0.15, 0.2) is 5.78 Å². The van der Waals surface area contributed by atoms with Gasteiger partial charge in [-0.1, -0.05) is 11.6 Å². The Balaban J connectivity index is 3.58. The van der Waals surface area contributed by atoms with Crippen LogP contribution in [-0.2, 0) is 0 Å². The van der Waals surface area contributed by atoms with E-state index in [1.54, 1.807) is 6.07 Å². The van der Waals surface area contributed by atoms with Crippen molar-refractivity contribution in [3.05, 3.63) is 38.4 Å². The zero-order valence-electron chi connectivity index (χ0n) is 7.65. The molecule has 0 heterocycles. The van der Waals surface area contributed by atoms with Gasteiger partial charge in [-0.05, 0) is 13.0 Å². The molecule has 1 rings (SSSR count). The van der Waals surface area contributed by atoms with Crippen LogP contribution in [0.15, 0.2) is 12.1 Å². The molecule has 0 aliphatic carbocycles. The van der Waals surface area contributed by atoms with Crippen molar-refractivity contribution in [3.8, 4) is 6.07 Å². The van der Waals surface area contributed by atoms with Crippen LogP contribution in [0.5, 0.6) is 0 Å². The summed E-state index contributed by atoms with van der Waals surface area (Å²) in [4.78, 5) is 21.0. The van der Waals surface area contributed by atoms with E-state index < -0.39 is 10.7 Å². The molecule has 0 saturated heterocycles. The van der Waals surface area contributed by atoms with Crippen LogP contribution in [0.1, 0.15) is 22.8 Å². The molecule has 6 heteroatoms. The molecule has 15 heavy (non-hydrogen) atoms. The van der Waals surface area contributed by atoms with E-state index in [1.807, 2.05) is 0 Å². The average molecular weight is 225 g/mol. The first-order valence-corrected chi connectivity index (χ1v) is 4.24. The van der Waals surface area contributed by atoms with Crippen molar-refractivity contribution >= 4 is 23.1 Å². The van der Waals surface area contributed by atoms with Crippen molar-refractivity contribution in [1.82, 2.24) is 0 Å². The zero-order chi connectivity index (χ0) is 11.6. The number of benzene rings is 1. The maximum atomic E-state index is 11.2. The van der Waals surface area contributed by atoms with Gasteiger partial charge in [0.25, 0.3) is 5.69 Å². The summed E-state index contributed by atoms with van der Waals surface area (Å²) in [5, 5.41) is 18.9. The van der Waals surface area contributed by atoms with Crippen LogP contribution in [0.2, 0.25) is 5.02 Å². The minimum atomic E-state index is -0.698. The molecule has 0 bridgehead atoms. The second-order valence-electron chi connectivity index (χ2n) is 2.75. The Hall–Kier alpha value is -1.93. The normalized spacial score (nSPS) is 9.40. The average Bonchev–Trinajstić information content (AvgIpc) is 2.15. The predicted octanol–water partition coefficient (Wildman–Crippen LogP) is 2.32. The van der Waals surface area contributed by atoms with Crippen LogP contribution in [0.4, 0.5) is 5.69 Å². The van der Waals surface area contributed by atoms with Crippen LogP contribution < -0.4 is 0 Å². The van der Waals surface area contributed by atoms with Crippen molar-refractivity contribution in [2.45, 2.75) is 6.92 Å². The number of Topliss-reactive ketones (excluding diaryl/α,β-unsaturated/α-hetero) is 1. The summed E-state index contributed by atoms with van der Waals surface area (Å²) in [7, 11) is 0. The Labute approximate surface area is 90.0 Å². The smallest absolute Gasteiger partial charge is 0.288 e. The number of carbonyl (C=O) groups excluding carboxylic acids is 1.